The van der Waals surface area contributed by atoms with Gasteiger partial charge in [0.05, 0.1) is 5.92 Å². The molecule has 88 valence electrons. The van der Waals surface area contributed by atoms with Gasteiger partial charge in [-0.1, -0.05) is 37.1 Å². The van der Waals surface area contributed by atoms with E-state index in [0.29, 0.717) is 5.57 Å². The number of halogens is 3. The molecule has 0 rings (SSSR count). The van der Waals surface area contributed by atoms with Crippen molar-refractivity contribution in [2.75, 3.05) is 0 Å². The fourth-order valence-electron chi connectivity index (χ4n) is 1.58. The summed E-state index contributed by atoms with van der Waals surface area (Å²) in [6, 6.07) is 0. The van der Waals surface area contributed by atoms with Crippen molar-refractivity contribution in [3.8, 4) is 0 Å². The van der Waals surface area contributed by atoms with Crippen LogP contribution in [-0.2, 0) is 0 Å². The van der Waals surface area contributed by atoms with Crippen LogP contribution in [0.25, 0.3) is 0 Å². The summed E-state index contributed by atoms with van der Waals surface area (Å²) in [5.74, 6) is -1.37. The average molecular weight is 220 g/mol. The summed E-state index contributed by atoms with van der Waals surface area (Å²) in [5, 5.41) is 0. The van der Waals surface area contributed by atoms with E-state index in [1.807, 2.05) is 13.8 Å². The third-order valence-electron chi connectivity index (χ3n) is 2.74. The molecule has 0 radical (unpaired) electrons. The second-order valence-electron chi connectivity index (χ2n) is 4.34. The van der Waals surface area contributed by atoms with Crippen molar-refractivity contribution in [2.45, 2.75) is 40.8 Å². The maximum atomic E-state index is 12.7. The predicted octanol–water partition coefficient (Wildman–Crippen LogP) is 4.73. The van der Waals surface area contributed by atoms with Gasteiger partial charge in [0.1, 0.15) is 0 Å². The first-order chi connectivity index (χ1) is 6.59. The van der Waals surface area contributed by atoms with Crippen LogP contribution in [0, 0.1) is 11.8 Å². The molecule has 3 heteroatoms. The number of hydrogen-bond acceptors (Lipinski definition) is 0. The van der Waals surface area contributed by atoms with Gasteiger partial charge in [0.25, 0.3) is 0 Å². The van der Waals surface area contributed by atoms with Gasteiger partial charge in [0.2, 0.25) is 0 Å². The van der Waals surface area contributed by atoms with E-state index < -0.39 is 12.1 Å². The van der Waals surface area contributed by atoms with Gasteiger partial charge in [0, 0.05) is 0 Å². The quantitative estimate of drug-likeness (QED) is 0.603. The number of allylic oxidation sites excluding steroid dienone is 3. The Morgan fingerprint density at radius 3 is 1.60 bits per heavy atom. The smallest absolute Gasteiger partial charge is 0.170 e. The lowest BCUT2D eigenvalue weighted by molar-refractivity contribution is -0.154. The van der Waals surface area contributed by atoms with Crippen molar-refractivity contribution in [1.29, 1.82) is 0 Å². The largest absolute Gasteiger partial charge is 0.399 e. The first-order valence-electron chi connectivity index (χ1n) is 4.98. The molecule has 0 bridgehead atoms. The molecule has 1 atom stereocenters. The fraction of sp³-hybridized carbons (Fsp3) is 0.667. The minimum atomic E-state index is -4.23. The van der Waals surface area contributed by atoms with Crippen molar-refractivity contribution >= 4 is 0 Å². The molecule has 0 saturated heterocycles. The SMILES string of the molecule is C=C(C)C(C(C)=C(C)C(C)C)C(F)(F)F. The van der Waals surface area contributed by atoms with Gasteiger partial charge in [-0.3, -0.25) is 0 Å². The molecule has 0 aromatic heterocycles. The van der Waals surface area contributed by atoms with Crippen molar-refractivity contribution in [2.24, 2.45) is 11.8 Å². The Morgan fingerprint density at radius 2 is 1.40 bits per heavy atom. The van der Waals surface area contributed by atoms with Gasteiger partial charge in [0.15, 0.2) is 0 Å². The third-order valence-corrected chi connectivity index (χ3v) is 2.74. The van der Waals surface area contributed by atoms with Crippen LogP contribution in [0.4, 0.5) is 13.2 Å². The molecule has 0 aliphatic carbocycles. The van der Waals surface area contributed by atoms with Crippen LogP contribution < -0.4 is 0 Å². The zero-order chi connectivity index (χ0) is 12.4. The first-order valence-corrected chi connectivity index (χ1v) is 4.98. The lowest BCUT2D eigenvalue weighted by Crippen LogP contribution is -2.25. The lowest BCUT2D eigenvalue weighted by Gasteiger charge is -2.24. The Kier molecular flexibility index (Phi) is 4.63. The van der Waals surface area contributed by atoms with E-state index in [1.165, 1.54) is 6.92 Å². The van der Waals surface area contributed by atoms with Crippen molar-refractivity contribution in [3.63, 3.8) is 0 Å². The topological polar surface area (TPSA) is 0 Å². The molecule has 0 saturated carbocycles. The van der Waals surface area contributed by atoms with Crippen LogP contribution in [0.1, 0.15) is 34.6 Å². The molecule has 0 spiro atoms. The predicted molar refractivity (Wildman–Crippen MR) is 57.6 cm³/mol. The maximum Gasteiger partial charge on any atom is 0.399 e. The molecular weight excluding hydrogens is 201 g/mol. The highest BCUT2D eigenvalue weighted by Gasteiger charge is 2.41. The molecule has 1 unspecified atom stereocenters. The molecule has 0 aliphatic rings. The van der Waals surface area contributed by atoms with Gasteiger partial charge in [-0.25, -0.2) is 0 Å². The Labute approximate surface area is 89.9 Å². The van der Waals surface area contributed by atoms with Crippen molar-refractivity contribution in [1.82, 2.24) is 0 Å². The molecule has 0 nitrogen and oxygen atoms in total. The van der Waals surface area contributed by atoms with Crippen LogP contribution in [-0.4, -0.2) is 6.18 Å². The highest BCUT2D eigenvalue weighted by Crippen LogP contribution is 2.38. The molecule has 0 aromatic carbocycles. The van der Waals surface area contributed by atoms with Crippen LogP contribution in [0.2, 0.25) is 0 Å². The van der Waals surface area contributed by atoms with E-state index in [1.54, 1.807) is 13.8 Å². The standard InChI is InChI=1S/C12H19F3/c1-7(2)9(5)10(6)11(8(3)4)12(13,14)15/h7,11H,3H2,1-2,4-6H3. The van der Waals surface area contributed by atoms with E-state index in [4.69, 9.17) is 0 Å². The second kappa shape index (κ2) is 4.86. The Bertz CT molecular complexity index is 269. The van der Waals surface area contributed by atoms with E-state index >= 15 is 0 Å². The Balaban J connectivity index is 5.30. The maximum absolute atomic E-state index is 12.7. The summed E-state index contributed by atoms with van der Waals surface area (Å²) < 4.78 is 38.2. The summed E-state index contributed by atoms with van der Waals surface area (Å²) in [4.78, 5) is 0. The van der Waals surface area contributed by atoms with Gasteiger partial charge < -0.3 is 0 Å². The molecule has 15 heavy (non-hydrogen) atoms. The van der Waals surface area contributed by atoms with Crippen molar-refractivity contribution < 1.29 is 13.2 Å². The lowest BCUT2D eigenvalue weighted by atomic mass is 9.86. The van der Waals surface area contributed by atoms with Crippen LogP contribution in [0.5, 0.6) is 0 Å². The minimum absolute atomic E-state index is 0.134. The highest BCUT2D eigenvalue weighted by molar-refractivity contribution is 5.24. The minimum Gasteiger partial charge on any atom is -0.170 e. The normalized spacial score (nSPS) is 16.3. The third kappa shape index (κ3) is 3.73. The highest BCUT2D eigenvalue weighted by atomic mass is 19.4. The molecule has 0 heterocycles. The molecule has 0 amide bonds. The Hall–Kier alpha value is -0.730. The van der Waals surface area contributed by atoms with Gasteiger partial charge in [-0.2, -0.15) is 13.2 Å². The number of hydrogen-bond donors (Lipinski definition) is 0. The molecule has 0 aromatic rings. The van der Waals surface area contributed by atoms with Crippen LogP contribution in [0.15, 0.2) is 23.3 Å². The van der Waals surface area contributed by atoms with E-state index in [0.717, 1.165) is 5.57 Å². The zero-order valence-corrected chi connectivity index (χ0v) is 10.00. The fourth-order valence-corrected chi connectivity index (χ4v) is 1.58. The zero-order valence-electron chi connectivity index (χ0n) is 10.00. The summed E-state index contributed by atoms with van der Waals surface area (Å²) in [6.07, 6.45) is -4.23. The summed E-state index contributed by atoms with van der Waals surface area (Å²) in [5.41, 5.74) is 1.32. The molecule has 0 aliphatic heterocycles. The molecular formula is C12H19F3. The van der Waals surface area contributed by atoms with E-state index in [-0.39, 0.29) is 11.5 Å². The summed E-state index contributed by atoms with van der Waals surface area (Å²) in [6.45, 7) is 11.9. The summed E-state index contributed by atoms with van der Waals surface area (Å²) in [7, 11) is 0. The molecule has 0 N–H and O–H groups in total. The van der Waals surface area contributed by atoms with Crippen LogP contribution >= 0.6 is 0 Å². The van der Waals surface area contributed by atoms with Gasteiger partial charge in [-0.05, 0) is 26.7 Å². The first kappa shape index (κ1) is 14.3. The second-order valence-corrected chi connectivity index (χ2v) is 4.34. The number of alkyl halides is 3. The monoisotopic (exact) mass is 220 g/mol. The van der Waals surface area contributed by atoms with Gasteiger partial charge in [-0.15, -0.1) is 0 Å². The average Bonchev–Trinajstić information content (AvgIpc) is 1.98. The molecule has 0 fully saturated rings. The van der Waals surface area contributed by atoms with Crippen LogP contribution in [0.3, 0.4) is 0 Å². The van der Waals surface area contributed by atoms with E-state index in [2.05, 4.69) is 6.58 Å². The van der Waals surface area contributed by atoms with E-state index in [9.17, 15) is 13.2 Å². The Morgan fingerprint density at radius 1 is 1.00 bits per heavy atom. The summed E-state index contributed by atoms with van der Waals surface area (Å²) >= 11 is 0. The van der Waals surface area contributed by atoms with Crippen molar-refractivity contribution in [3.05, 3.63) is 23.3 Å². The van der Waals surface area contributed by atoms with Gasteiger partial charge >= 0.3 is 6.18 Å². The number of rotatable bonds is 3.